The van der Waals surface area contributed by atoms with Gasteiger partial charge in [0, 0.05) is 6.04 Å². The normalized spacial score (nSPS) is 14.7. The van der Waals surface area contributed by atoms with E-state index in [9.17, 15) is 9.59 Å². The number of H-pyrrole nitrogens is 1. The maximum atomic E-state index is 11.3. The third-order valence-corrected chi connectivity index (χ3v) is 2.00. The molecule has 0 aromatic carbocycles. The van der Waals surface area contributed by atoms with Crippen LogP contribution in [0.3, 0.4) is 0 Å². The van der Waals surface area contributed by atoms with E-state index in [4.69, 9.17) is 0 Å². The molecule has 80 valence electrons. The van der Waals surface area contributed by atoms with E-state index < -0.39 is 5.91 Å². The Labute approximate surface area is 85.6 Å². The number of rotatable bonds is 4. The Morgan fingerprint density at radius 1 is 1.53 bits per heavy atom. The maximum absolute atomic E-state index is 11.3. The van der Waals surface area contributed by atoms with Crippen LogP contribution in [0, 0.1) is 0 Å². The van der Waals surface area contributed by atoms with Crippen molar-refractivity contribution in [2.45, 2.75) is 18.9 Å². The fourth-order valence-electron chi connectivity index (χ4n) is 1.07. The van der Waals surface area contributed by atoms with Gasteiger partial charge in [0.2, 0.25) is 5.91 Å². The van der Waals surface area contributed by atoms with Gasteiger partial charge in [-0.2, -0.15) is 15.4 Å². The molecule has 0 unspecified atom stereocenters. The Morgan fingerprint density at radius 2 is 2.33 bits per heavy atom. The molecule has 7 heteroatoms. The molecule has 2 amide bonds. The molecule has 0 radical (unpaired) electrons. The van der Waals surface area contributed by atoms with Gasteiger partial charge in [0.05, 0.1) is 12.7 Å². The molecule has 1 saturated carbocycles. The number of amides is 2. The zero-order chi connectivity index (χ0) is 10.7. The molecular weight excluding hydrogens is 198 g/mol. The maximum Gasteiger partial charge on any atom is 0.273 e. The minimum absolute atomic E-state index is 0.0256. The fraction of sp³-hybridized carbons (Fsp3) is 0.500. The molecule has 1 heterocycles. The van der Waals surface area contributed by atoms with Gasteiger partial charge in [-0.15, -0.1) is 0 Å². The van der Waals surface area contributed by atoms with Gasteiger partial charge in [0.25, 0.3) is 5.91 Å². The lowest BCUT2D eigenvalue weighted by Gasteiger charge is -2.03. The Morgan fingerprint density at radius 3 is 2.93 bits per heavy atom. The molecule has 0 bridgehead atoms. The molecule has 2 rings (SSSR count). The summed E-state index contributed by atoms with van der Waals surface area (Å²) in [5, 5.41) is 14.6. The second-order valence-corrected chi connectivity index (χ2v) is 3.38. The first-order chi connectivity index (χ1) is 7.25. The number of hydrogen-bond donors (Lipinski definition) is 3. The third-order valence-electron chi connectivity index (χ3n) is 2.00. The van der Waals surface area contributed by atoms with E-state index in [2.05, 4.69) is 26.0 Å². The van der Waals surface area contributed by atoms with E-state index in [0.29, 0.717) is 6.04 Å². The van der Waals surface area contributed by atoms with Crippen molar-refractivity contribution in [2.24, 2.45) is 0 Å². The Kier molecular flexibility index (Phi) is 2.61. The van der Waals surface area contributed by atoms with Gasteiger partial charge in [-0.1, -0.05) is 0 Å². The Bertz CT molecular complexity index is 357. The summed E-state index contributed by atoms with van der Waals surface area (Å²) in [6, 6.07) is 0.307. The highest BCUT2D eigenvalue weighted by Gasteiger charge is 2.23. The second kappa shape index (κ2) is 4.07. The number of nitrogens with zero attached hydrogens (tertiary/aromatic N) is 2. The van der Waals surface area contributed by atoms with Gasteiger partial charge in [-0.05, 0) is 12.8 Å². The van der Waals surface area contributed by atoms with Crippen LogP contribution >= 0.6 is 0 Å². The fourth-order valence-corrected chi connectivity index (χ4v) is 1.07. The van der Waals surface area contributed by atoms with Crippen LogP contribution < -0.4 is 10.6 Å². The molecule has 1 aliphatic rings. The van der Waals surface area contributed by atoms with E-state index in [0.717, 1.165) is 12.8 Å². The number of nitrogens with one attached hydrogen (secondary N) is 3. The van der Waals surface area contributed by atoms with Crippen LogP contribution in [-0.4, -0.2) is 39.8 Å². The van der Waals surface area contributed by atoms with Crippen molar-refractivity contribution in [1.82, 2.24) is 26.0 Å². The molecular formula is C8H11N5O2. The smallest absolute Gasteiger partial charge is 0.273 e. The summed E-state index contributed by atoms with van der Waals surface area (Å²) in [5.74, 6) is -0.580. The topological polar surface area (TPSA) is 99.8 Å². The Balaban J connectivity index is 1.72. The first-order valence-corrected chi connectivity index (χ1v) is 4.69. The lowest BCUT2D eigenvalue weighted by molar-refractivity contribution is -0.120. The summed E-state index contributed by atoms with van der Waals surface area (Å²) in [7, 11) is 0. The molecule has 0 saturated heterocycles. The minimum Gasteiger partial charge on any atom is -0.352 e. The SMILES string of the molecule is O=C(CNC(=O)c1cn[nH]n1)NC1CC1. The van der Waals surface area contributed by atoms with Crippen molar-refractivity contribution >= 4 is 11.8 Å². The first kappa shape index (κ1) is 9.63. The van der Waals surface area contributed by atoms with Gasteiger partial charge in [-0.25, -0.2) is 0 Å². The molecule has 7 nitrogen and oxygen atoms in total. The van der Waals surface area contributed by atoms with Crippen LogP contribution in [0.1, 0.15) is 23.3 Å². The average Bonchev–Trinajstić information content (AvgIpc) is 2.86. The standard InChI is InChI=1S/C8H11N5O2/c14-7(11-5-1-2-5)4-9-8(15)6-3-10-13-12-6/h3,5H,1-2,4H2,(H,9,15)(H,11,14)(H,10,12,13). The monoisotopic (exact) mass is 209 g/mol. The summed E-state index contributed by atoms with van der Waals surface area (Å²) in [6.45, 7) is -0.0256. The molecule has 1 aromatic heterocycles. The van der Waals surface area contributed by atoms with Gasteiger partial charge in [0.15, 0.2) is 5.69 Å². The molecule has 0 atom stereocenters. The molecule has 0 spiro atoms. The molecule has 1 fully saturated rings. The summed E-state index contributed by atoms with van der Waals surface area (Å²) < 4.78 is 0. The number of carbonyl (C=O) groups excluding carboxylic acids is 2. The largest absolute Gasteiger partial charge is 0.352 e. The summed E-state index contributed by atoms with van der Waals surface area (Å²) in [4.78, 5) is 22.5. The summed E-state index contributed by atoms with van der Waals surface area (Å²) in [6.07, 6.45) is 3.36. The molecule has 0 aliphatic heterocycles. The van der Waals surface area contributed by atoms with Crippen LogP contribution in [0.5, 0.6) is 0 Å². The molecule has 3 N–H and O–H groups in total. The highest BCUT2D eigenvalue weighted by atomic mass is 16.2. The quantitative estimate of drug-likeness (QED) is 0.580. The number of carbonyl (C=O) groups is 2. The number of aromatic nitrogens is 3. The zero-order valence-corrected chi connectivity index (χ0v) is 7.99. The predicted molar refractivity (Wildman–Crippen MR) is 49.9 cm³/mol. The lowest BCUT2D eigenvalue weighted by atomic mass is 10.4. The van der Waals surface area contributed by atoms with E-state index in [1.54, 1.807) is 0 Å². The molecule has 1 aromatic rings. The lowest BCUT2D eigenvalue weighted by Crippen LogP contribution is -2.37. The average molecular weight is 209 g/mol. The minimum atomic E-state index is -0.408. The van der Waals surface area contributed by atoms with Crippen LogP contribution in [0.25, 0.3) is 0 Å². The van der Waals surface area contributed by atoms with Gasteiger partial charge < -0.3 is 10.6 Å². The zero-order valence-electron chi connectivity index (χ0n) is 7.99. The van der Waals surface area contributed by atoms with Crippen LogP contribution in [0.15, 0.2) is 6.20 Å². The highest BCUT2D eigenvalue weighted by Crippen LogP contribution is 2.18. The van der Waals surface area contributed by atoms with Gasteiger partial charge in [0.1, 0.15) is 0 Å². The van der Waals surface area contributed by atoms with Crippen molar-refractivity contribution in [3.8, 4) is 0 Å². The number of aromatic amines is 1. The highest BCUT2D eigenvalue weighted by molar-refractivity contribution is 5.94. The second-order valence-electron chi connectivity index (χ2n) is 3.38. The van der Waals surface area contributed by atoms with Crippen molar-refractivity contribution in [1.29, 1.82) is 0 Å². The van der Waals surface area contributed by atoms with E-state index in [-0.39, 0.29) is 18.1 Å². The number of hydrogen-bond acceptors (Lipinski definition) is 4. The van der Waals surface area contributed by atoms with E-state index in [1.807, 2.05) is 0 Å². The van der Waals surface area contributed by atoms with Gasteiger partial charge in [-0.3, -0.25) is 9.59 Å². The first-order valence-electron chi connectivity index (χ1n) is 4.69. The predicted octanol–water partition coefficient (Wildman–Crippen LogP) is -1.19. The van der Waals surface area contributed by atoms with Crippen molar-refractivity contribution in [3.05, 3.63) is 11.9 Å². The summed E-state index contributed by atoms with van der Waals surface area (Å²) in [5.41, 5.74) is 0.175. The molecule has 15 heavy (non-hydrogen) atoms. The van der Waals surface area contributed by atoms with E-state index in [1.165, 1.54) is 6.20 Å². The third kappa shape index (κ3) is 2.76. The van der Waals surface area contributed by atoms with Gasteiger partial charge >= 0.3 is 0 Å². The van der Waals surface area contributed by atoms with Crippen molar-refractivity contribution in [2.75, 3.05) is 6.54 Å². The van der Waals surface area contributed by atoms with Crippen molar-refractivity contribution < 1.29 is 9.59 Å². The van der Waals surface area contributed by atoms with Crippen molar-refractivity contribution in [3.63, 3.8) is 0 Å². The Hall–Kier alpha value is -1.92. The van der Waals surface area contributed by atoms with E-state index >= 15 is 0 Å². The van der Waals surface area contributed by atoms with Crippen LogP contribution in [0.2, 0.25) is 0 Å². The summed E-state index contributed by atoms with van der Waals surface area (Å²) >= 11 is 0. The molecule has 1 aliphatic carbocycles. The van der Waals surface area contributed by atoms with Crippen LogP contribution in [-0.2, 0) is 4.79 Å². The van der Waals surface area contributed by atoms with Crippen LogP contribution in [0.4, 0.5) is 0 Å².